The standard InChI is InChI=1S/C24H24N6OS/c1-16-7-9-17(10-8-16)30-20-6-2-4-18(20)21(27-30)23(31)28-12-14-29(15-13-28)24-26-19-5-3-11-25-22(19)32-24/h3,5,7-11H,2,4,6,12-15H2,1H3. The van der Waals surface area contributed by atoms with Gasteiger partial charge in [-0.15, -0.1) is 0 Å². The van der Waals surface area contributed by atoms with Gasteiger partial charge in [-0.2, -0.15) is 5.10 Å². The topological polar surface area (TPSA) is 67.2 Å². The summed E-state index contributed by atoms with van der Waals surface area (Å²) < 4.78 is 1.99. The van der Waals surface area contributed by atoms with Gasteiger partial charge in [0.05, 0.1) is 5.69 Å². The largest absolute Gasteiger partial charge is 0.344 e. The van der Waals surface area contributed by atoms with Gasteiger partial charge in [-0.05, 0) is 50.5 Å². The molecule has 32 heavy (non-hydrogen) atoms. The van der Waals surface area contributed by atoms with Gasteiger partial charge in [0.25, 0.3) is 5.91 Å². The fourth-order valence-corrected chi connectivity index (χ4v) is 5.61. The van der Waals surface area contributed by atoms with Gasteiger partial charge in [-0.25, -0.2) is 14.6 Å². The van der Waals surface area contributed by atoms with Gasteiger partial charge in [0.2, 0.25) is 0 Å². The highest BCUT2D eigenvalue weighted by molar-refractivity contribution is 7.21. The minimum absolute atomic E-state index is 0.0552. The number of carbonyl (C=O) groups excluding carboxylic acids is 1. The number of carbonyl (C=O) groups is 1. The molecule has 0 spiro atoms. The molecule has 0 atom stereocenters. The molecular weight excluding hydrogens is 420 g/mol. The first-order valence-electron chi connectivity index (χ1n) is 11.1. The van der Waals surface area contributed by atoms with Gasteiger partial charge < -0.3 is 9.80 Å². The van der Waals surface area contributed by atoms with E-state index in [1.54, 1.807) is 17.5 Å². The highest BCUT2D eigenvalue weighted by atomic mass is 32.1. The Hall–Kier alpha value is -3.26. The van der Waals surface area contributed by atoms with Gasteiger partial charge >= 0.3 is 0 Å². The molecule has 3 aromatic heterocycles. The van der Waals surface area contributed by atoms with Crippen LogP contribution in [0.2, 0.25) is 0 Å². The molecule has 1 aliphatic carbocycles. The molecule has 1 saturated heterocycles. The predicted octanol–water partition coefficient (Wildman–Crippen LogP) is 3.64. The summed E-state index contributed by atoms with van der Waals surface area (Å²) in [6.07, 6.45) is 4.79. The molecule has 0 radical (unpaired) electrons. The highest BCUT2D eigenvalue weighted by Crippen LogP contribution is 2.30. The Balaban J connectivity index is 1.22. The Morgan fingerprint density at radius 1 is 1.03 bits per heavy atom. The number of pyridine rings is 1. The van der Waals surface area contributed by atoms with E-state index < -0.39 is 0 Å². The van der Waals surface area contributed by atoms with Gasteiger partial charge in [0.1, 0.15) is 10.3 Å². The van der Waals surface area contributed by atoms with Crippen molar-refractivity contribution in [2.45, 2.75) is 26.2 Å². The maximum atomic E-state index is 13.5. The second-order valence-electron chi connectivity index (χ2n) is 8.48. The zero-order valence-corrected chi connectivity index (χ0v) is 18.8. The highest BCUT2D eigenvalue weighted by Gasteiger charge is 2.31. The van der Waals surface area contributed by atoms with E-state index in [1.807, 2.05) is 21.7 Å². The summed E-state index contributed by atoms with van der Waals surface area (Å²) in [6.45, 7) is 4.97. The summed E-state index contributed by atoms with van der Waals surface area (Å²) in [6, 6.07) is 12.3. The molecule has 4 heterocycles. The van der Waals surface area contributed by atoms with Crippen molar-refractivity contribution in [1.29, 1.82) is 0 Å². The predicted molar refractivity (Wildman–Crippen MR) is 126 cm³/mol. The van der Waals surface area contributed by atoms with Crippen LogP contribution in [0, 0.1) is 6.92 Å². The molecule has 0 N–H and O–H groups in total. The van der Waals surface area contributed by atoms with Crippen molar-refractivity contribution in [3.8, 4) is 5.69 Å². The van der Waals surface area contributed by atoms with Crippen LogP contribution in [0.1, 0.15) is 33.7 Å². The van der Waals surface area contributed by atoms with Gasteiger partial charge in [0.15, 0.2) is 10.8 Å². The Morgan fingerprint density at radius 3 is 2.62 bits per heavy atom. The number of aryl methyl sites for hydroxylation is 1. The summed E-state index contributed by atoms with van der Waals surface area (Å²) in [5.41, 5.74) is 6.14. The third-order valence-corrected chi connectivity index (χ3v) is 7.44. The summed E-state index contributed by atoms with van der Waals surface area (Å²) in [5.74, 6) is 0.0552. The first kappa shape index (κ1) is 19.4. The lowest BCUT2D eigenvalue weighted by molar-refractivity contribution is 0.0739. The lowest BCUT2D eigenvalue weighted by Gasteiger charge is -2.34. The van der Waals surface area contributed by atoms with Gasteiger partial charge in [-0.3, -0.25) is 4.79 Å². The fourth-order valence-electron chi connectivity index (χ4n) is 4.65. The van der Waals surface area contributed by atoms with Gasteiger partial charge in [0, 0.05) is 43.6 Å². The number of fused-ring (bicyclic) bond motifs is 2. The maximum absolute atomic E-state index is 13.5. The Bertz CT molecular complexity index is 1270. The summed E-state index contributed by atoms with van der Waals surface area (Å²) in [4.78, 5) is 27.7. The molecule has 4 aromatic rings. The van der Waals surface area contributed by atoms with E-state index in [0.29, 0.717) is 18.8 Å². The fraction of sp³-hybridized carbons (Fsp3) is 0.333. The Morgan fingerprint density at radius 2 is 1.84 bits per heavy atom. The minimum atomic E-state index is 0.0552. The van der Waals surface area contributed by atoms with Crippen LogP contribution in [0.15, 0.2) is 42.6 Å². The molecule has 7 nitrogen and oxygen atoms in total. The quantitative estimate of drug-likeness (QED) is 0.483. The normalized spacial score (nSPS) is 16.0. The van der Waals surface area contributed by atoms with Crippen LogP contribution >= 0.6 is 11.3 Å². The molecule has 2 aliphatic rings. The van der Waals surface area contributed by atoms with Crippen LogP contribution in [0.3, 0.4) is 0 Å². The first-order chi connectivity index (χ1) is 15.7. The molecule has 1 fully saturated rings. The molecule has 162 valence electrons. The maximum Gasteiger partial charge on any atom is 0.274 e. The number of anilines is 1. The molecule has 8 heteroatoms. The molecule has 0 saturated carbocycles. The molecule has 0 bridgehead atoms. The Labute approximate surface area is 190 Å². The van der Waals surface area contributed by atoms with Gasteiger partial charge in [-0.1, -0.05) is 29.0 Å². The smallest absolute Gasteiger partial charge is 0.274 e. The van der Waals surface area contributed by atoms with Crippen LogP contribution < -0.4 is 4.90 Å². The SMILES string of the molecule is Cc1ccc(-n2nc(C(=O)N3CCN(c4nc5cccnc5s4)CC3)c3c2CCC3)cc1. The lowest BCUT2D eigenvalue weighted by atomic mass is 10.1. The Kier molecular flexibility index (Phi) is 4.68. The number of piperazine rings is 1. The van der Waals surface area contributed by atoms with Crippen molar-refractivity contribution in [1.82, 2.24) is 24.6 Å². The zero-order valence-electron chi connectivity index (χ0n) is 18.0. The zero-order chi connectivity index (χ0) is 21.7. The van der Waals surface area contributed by atoms with Crippen molar-refractivity contribution in [3.05, 3.63) is 65.1 Å². The van der Waals surface area contributed by atoms with E-state index >= 15 is 0 Å². The van der Waals surface area contributed by atoms with Crippen LogP contribution in [0.4, 0.5) is 5.13 Å². The number of hydrogen-bond donors (Lipinski definition) is 0. The number of nitrogens with zero attached hydrogens (tertiary/aromatic N) is 6. The minimum Gasteiger partial charge on any atom is -0.344 e. The molecule has 1 aromatic carbocycles. The van der Waals surface area contributed by atoms with E-state index in [-0.39, 0.29) is 5.91 Å². The van der Waals surface area contributed by atoms with E-state index in [4.69, 9.17) is 10.1 Å². The third kappa shape index (κ3) is 3.26. The number of aromatic nitrogens is 4. The molecule has 1 amide bonds. The van der Waals surface area contributed by atoms with Crippen molar-refractivity contribution in [3.63, 3.8) is 0 Å². The van der Waals surface area contributed by atoms with Crippen molar-refractivity contribution in [2.75, 3.05) is 31.1 Å². The van der Waals surface area contributed by atoms with E-state index in [2.05, 4.69) is 41.1 Å². The molecule has 6 rings (SSSR count). The number of benzene rings is 1. The average molecular weight is 445 g/mol. The molecular formula is C24H24N6OS. The van der Waals surface area contributed by atoms with Crippen molar-refractivity contribution < 1.29 is 4.79 Å². The first-order valence-corrected chi connectivity index (χ1v) is 11.9. The van der Waals surface area contributed by atoms with Crippen LogP contribution in [-0.4, -0.2) is 56.7 Å². The average Bonchev–Trinajstić information content (AvgIpc) is 3.54. The van der Waals surface area contributed by atoms with E-state index in [0.717, 1.165) is 59.1 Å². The summed E-state index contributed by atoms with van der Waals surface area (Å²) in [7, 11) is 0. The number of hydrogen-bond acceptors (Lipinski definition) is 6. The van der Waals surface area contributed by atoms with Crippen LogP contribution in [-0.2, 0) is 12.8 Å². The molecule has 0 unspecified atom stereocenters. The van der Waals surface area contributed by atoms with Crippen molar-refractivity contribution in [2.24, 2.45) is 0 Å². The summed E-state index contributed by atoms with van der Waals surface area (Å²) in [5, 5.41) is 5.79. The monoisotopic (exact) mass is 444 g/mol. The van der Waals surface area contributed by atoms with E-state index in [9.17, 15) is 4.79 Å². The van der Waals surface area contributed by atoms with Crippen LogP contribution in [0.25, 0.3) is 16.0 Å². The number of thiazole rings is 1. The summed E-state index contributed by atoms with van der Waals surface area (Å²) >= 11 is 1.61. The number of rotatable bonds is 3. The lowest BCUT2D eigenvalue weighted by Crippen LogP contribution is -2.49. The van der Waals surface area contributed by atoms with E-state index in [1.165, 1.54) is 11.3 Å². The third-order valence-electron chi connectivity index (χ3n) is 6.40. The number of amides is 1. The second kappa shape index (κ2) is 7.70. The van der Waals surface area contributed by atoms with Crippen molar-refractivity contribution >= 4 is 32.7 Å². The second-order valence-corrected chi connectivity index (χ2v) is 9.43. The van der Waals surface area contributed by atoms with Crippen LogP contribution in [0.5, 0.6) is 0 Å². The molecule has 1 aliphatic heterocycles.